The molecule has 1 aromatic heterocycles. The molecule has 0 aromatic carbocycles. The molecule has 3 fully saturated rings. The number of hydrogen-bond acceptors (Lipinski definition) is 7. The number of nitrogens with zero attached hydrogens (tertiary/aromatic N) is 3. The van der Waals surface area contributed by atoms with Crippen molar-refractivity contribution in [2.24, 2.45) is 22.7 Å². The lowest BCUT2D eigenvalue weighted by molar-refractivity contribution is -0.0517. The van der Waals surface area contributed by atoms with Crippen molar-refractivity contribution in [3.8, 4) is 5.75 Å². The quantitative estimate of drug-likeness (QED) is 0.581. The molecule has 0 radical (unpaired) electrons. The maximum atomic E-state index is 12.6. The van der Waals surface area contributed by atoms with E-state index in [1.165, 1.54) is 25.1 Å². The van der Waals surface area contributed by atoms with Crippen LogP contribution in [0.2, 0.25) is 0 Å². The van der Waals surface area contributed by atoms with E-state index in [1.54, 1.807) is 7.11 Å². The molecule has 7 nitrogen and oxygen atoms in total. The summed E-state index contributed by atoms with van der Waals surface area (Å²) < 4.78 is 35.0. The van der Waals surface area contributed by atoms with Crippen molar-refractivity contribution in [3.63, 3.8) is 0 Å². The predicted octanol–water partition coefficient (Wildman–Crippen LogP) is 3.23. The average molecular weight is 436 g/mol. The third-order valence-corrected chi connectivity index (χ3v) is 6.76. The molecule has 170 valence electrons. The van der Waals surface area contributed by atoms with Gasteiger partial charge >= 0.3 is 6.61 Å². The van der Waals surface area contributed by atoms with Gasteiger partial charge in [-0.1, -0.05) is 0 Å². The number of aromatic nitrogens is 1. The van der Waals surface area contributed by atoms with Gasteiger partial charge in [-0.3, -0.25) is 9.89 Å². The highest BCUT2D eigenvalue weighted by Gasteiger charge is 2.59. The second-order valence-electron chi connectivity index (χ2n) is 9.15. The first-order valence-electron chi connectivity index (χ1n) is 10.9. The Morgan fingerprint density at radius 1 is 1.32 bits per heavy atom. The number of nitrogens with one attached hydrogen (secondary N) is 1. The molecule has 9 heteroatoms. The van der Waals surface area contributed by atoms with Crippen LogP contribution in [0.3, 0.4) is 0 Å². The Balaban J connectivity index is 1.40. The summed E-state index contributed by atoms with van der Waals surface area (Å²) >= 11 is 0. The SMILES string of the molecule is COC1CN(C2CC3C(C2)C3C(CC(=N)c2cnc(N)c(OC(F)F)c2)=NC(C)C)C1. The molecule has 2 aliphatic carbocycles. The smallest absolute Gasteiger partial charge is 0.387 e. The third-order valence-electron chi connectivity index (χ3n) is 6.76. The highest BCUT2D eigenvalue weighted by atomic mass is 19.3. The zero-order chi connectivity index (χ0) is 22.3. The molecular formula is C22H31F2N5O2. The van der Waals surface area contributed by atoms with E-state index in [2.05, 4.69) is 14.6 Å². The Kier molecular flexibility index (Phi) is 6.25. The maximum Gasteiger partial charge on any atom is 0.387 e. The second-order valence-corrected chi connectivity index (χ2v) is 9.15. The third kappa shape index (κ3) is 4.72. The summed E-state index contributed by atoms with van der Waals surface area (Å²) in [5.41, 5.74) is 7.38. The molecule has 2 saturated carbocycles. The van der Waals surface area contributed by atoms with Gasteiger partial charge in [-0.2, -0.15) is 8.78 Å². The number of fused-ring (bicyclic) bond motifs is 1. The molecule has 0 spiro atoms. The van der Waals surface area contributed by atoms with Gasteiger partial charge in [-0.15, -0.1) is 0 Å². The molecule has 4 rings (SSSR count). The fourth-order valence-corrected chi connectivity index (χ4v) is 5.20. The van der Waals surface area contributed by atoms with E-state index in [9.17, 15) is 8.78 Å². The number of ether oxygens (including phenoxy) is 2. The maximum absolute atomic E-state index is 12.6. The van der Waals surface area contributed by atoms with Crippen LogP contribution in [0.1, 0.15) is 38.7 Å². The molecule has 2 atom stereocenters. The average Bonchev–Trinajstić information content (AvgIpc) is 3.15. The van der Waals surface area contributed by atoms with Crippen molar-refractivity contribution in [1.29, 1.82) is 5.41 Å². The monoisotopic (exact) mass is 435 g/mol. The Labute approximate surface area is 181 Å². The normalized spacial score (nSPS) is 28.7. The van der Waals surface area contributed by atoms with Crippen LogP contribution in [0.4, 0.5) is 14.6 Å². The highest BCUT2D eigenvalue weighted by Crippen LogP contribution is 2.60. The number of halogens is 2. The van der Waals surface area contributed by atoms with Crippen molar-refractivity contribution >= 4 is 17.2 Å². The number of nitrogens with two attached hydrogens (primary N) is 1. The largest absolute Gasteiger partial charge is 0.431 e. The van der Waals surface area contributed by atoms with Crippen molar-refractivity contribution in [2.45, 2.75) is 57.9 Å². The van der Waals surface area contributed by atoms with Crippen LogP contribution in [0.5, 0.6) is 5.75 Å². The molecule has 0 amide bonds. The molecule has 0 bridgehead atoms. The summed E-state index contributed by atoms with van der Waals surface area (Å²) in [7, 11) is 1.77. The molecular weight excluding hydrogens is 404 g/mol. The van der Waals surface area contributed by atoms with Crippen molar-refractivity contribution < 1.29 is 18.3 Å². The fraction of sp³-hybridized carbons (Fsp3) is 0.682. The minimum Gasteiger partial charge on any atom is -0.431 e. The highest BCUT2D eigenvalue weighted by molar-refractivity contribution is 6.12. The number of likely N-dealkylation sites (tertiary alicyclic amines) is 1. The van der Waals surface area contributed by atoms with Crippen LogP contribution in [0, 0.1) is 23.2 Å². The van der Waals surface area contributed by atoms with E-state index >= 15 is 0 Å². The molecule has 31 heavy (non-hydrogen) atoms. The van der Waals surface area contributed by atoms with E-state index in [0.717, 1.165) is 18.8 Å². The molecule has 3 N–H and O–H groups in total. The first-order valence-corrected chi connectivity index (χ1v) is 10.9. The van der Waals surface area contributed by atoms with Gasteiger partial charge in [0, 0.05) is 67.8 Å². The number of alkyl halides is 2. The molecule has 3 aliphatic rings. The van der Waals surface area contributed by atoms with E-state index < -0.39 is 6.61 Å². The molecule has 2 unspecified atom stereocenters. The molecule has 1 saturated heterocycles. The standard InChI is InChI=1S/C22H31F2N5O2/c1-11(2)28-18(7-17(25)12-4-19(31-22(23)24)21(26)27-8-12)20-15-5-13(6-16(15)20)29-9-14(10-29)30-3/h4,8,11,13-16,20,22,25H,5-7,9-10H2,1-3H3,(H2,26,27). The number of hydrogen-bond donors (Lipinski definition) is 2. The van der Waals surface area contributed by atoms with Crippen LogP contribution in [-0.4, -0.2) is 66.3 Å². The summed E-state index contributed by atoms with van der Waals surface area (Å²) in [5.74, 6) is 1.35. The van der Waals surface area contributed by atoms with Gasteiger partial charge in [-0.05, 0) is 44.6 Å². The minimum absolute atomic E-state index is 0.114. The van der Waals surface area contributed by atoms with Gasteiger partial charge in [0.25, 0.3) is 0 Å². The Bertz CT molecular complexity index is 844. The minimum atomic E-state index is -2.99. The fourth-order valence-electron chi connectivity index (χ4n) is 5.20. The van der Waals surface area contributed by atoms with Crippen LogP contribution < -0.4 is 10.5 Å². The zero-order valence-electron chi connectivity index (χ0n) is 18.2. The zero-order valence-corrected chi connectivity index (χ0v) is 18.2. The predicted molar refractivity (Wildman–Crippen MR) is 115 cm³/mol. The van der Waals surface area contributed by atoms with Crippen molar-refractivity contribution in [2.75, 3.05) is 25.9 Å². The van der Waals surface area contributed by atoms with Crippen LogP contribution in [0.15, 0.2) is 17.3 Å². The topological polar surface area (TPSA) is 96.8 Å². The summed E-state index contributed by atoms with van der Waals surface area (Å²) in [6.45, 7) is 3.13. The molecule has 1 aliphatic heterocycles. The van der Waals surface area contributed by atoms with E-state index in [-0.39, 0.29) is 17.6 Å². The van der Waals surface area contributed by atoms with E-state index in [0.29, 0.717) is 47.6 Å². The van der Waals surface area contributed by atoms with Gasteiger partial charge in [-0.25, -0.2) is 4.98 Å². The van der Waals surface area contributed by atoms with Gasteiger partial charge in [0.1, 0.15) is 0 Å². The van der Waals surface area contributed by atoms with Crippen LogP contribution >= 0.6 is 0 Å². The molecule has 2 heterocycles. The number of methoxy groups -OCH3 is 1. The lowest BCUT2D eigenvalue weighted by atomic mass is 9.95. The first-order chi connectivity index (χ1) is 14.8. The van der Waals surface area contributed by atoms with E-state index in [4.69, 9.17) is 20.9 Å². The Hall–Kier alpha value is -2.13. The number of nitrogen functional groups attached to an aromatic ring is 1. The Morgan fingerprint density at radius 2 is 2.00 bits per heavy atom. The second kappa shape index (κ2) is 8.78. The van der Waals surface area contributed by atoms with Gasteiger partial charge < -0.3 is 20.6 Å². The first kappa shape index (κ1) is 22.1. The van der Waals surface area contributed by atoms with Crippen LogP contribution in [0.25, 0.3) is 0 Å². The Morgan fingerprint density at radius 3 is 2.58 bits per heavy atom. The van der Waals surface area contributed by atoms with Gasteiger partial charge in [0.2, 0.25) is 0 Å². The van der Waals surface area contributed by atoms with Gasteiger partial charge in [0.05, 0.1) is 6.10 Å². The van der Waals surface area contributed by atoms with Crippen LogP contribution in [-0.2, 0) is 4.74 Å². The van der Waals surface area contributed by atoms with Crippen molar-refractivity contribution in [1.82, 2.24) is 9.88 Å². The lowest BCUT2D eigenvalue weighted by Gasteiger charge is -2.43. The molecule has 1 aromatic rings. The number of anilines is 1. The summed E-state index contributed by atoms with van der Waals surface area (Å²) in [5, 5.41) is 8.55. The lowest BCUT2D eigenvalue weighted by Crippen LogP contribution is -2.55. The number of rotatable bonds is 9. The van der Waals surface area contributed by atoms with Gasteiger partial charge in [0.15, 0.2) is 11.6 Å². The summed E-state index contributed by atoms with van der Waals surface area (Å²) in [4.78, 5) is 11.3. The van der Waals surface area contributed by atoms with Crippen molar-refractivity contribution in [3.05, 3.63) is 17.8 Å². The summed E-state index contributed by atoms with van der Waals surface area (Å²) in [6, 6.07) is 2.14. The number of aliphatic imine (C=N–C) groups is 1. The van der Waals surface area contributed by atoms with E-state index in [1.807, 2.05) is 13.8 Å². The summed E-state index contributed by atoms with van der Waals surface area (Å²) in [6.07, 6.45) is 4.54. The number of pyridine rings is 1.